The summed E-state index contributed by atoms with van der Waals surface area (Å²) < 4.78 is 0. The number of aromatic nitrogens is 3. The van der Waals surface area contributed by atoms with E-state index >= 15 is 0 Å². The van der Waals surface area contributed by atoms with Crippen LogP contribution in [0.2, 0.25) is 0 Å². The third kappa shape index (κ3) is 4.84. The monoisotopic (exact) mass is 511 g/mol. The molecule has 1 fully saturated rings. The van der Waals surface area contributed by atoms with Gasteiger partial charge in [-0.2, -0.15) is 0 Å². The molecule has 0 spiro atoms. The zero-order valence-corrected chi connectivity index (χ0v) is 19.1. The molecule has 2 aromatic heterocycles. The van der Waals surface area contributed by atoms with E-state index in [4.69, 9.17) is 5.11 Å². The Morgan fingerprint density at radius 2 is 2.09 bits per heavy atom. The van der Waals surface area contributed by atoms with E-state index < -0.39 is 35.2 Å². The number of nitrogens with one attached hydrogen (secondary N) is 2. The van der Waals surface area contributed by atoms with Gasteiger partial charge < -0.3 is 20.6 Å². The van der Waals surface area contributed by atoms with E-state index in [1.54, 1.807) is 11.4 Å². The predicted octanol–water partition coefficient (Wildman–Crippen LogP) is 0.272. The maximum atomic E-state index is 12.7. The molecular weight excluding hydrogens is 494 g/mol. The normalized spacial score (nSPS) is 19.8. The van der Waals surface area contributed by atoms with Crippen molar-refractivity contribution in [3.05, 3.63) is 34.1 Å². The van der Waals surface area contributed by atoms with E-state index in [0.29, 0.717) is 16.9 Å². The van der Waals surface area contributed by atoms with Crippen LogP contribution in [0, 0.1) is 0 Å². The molecular formula is C18H17N5O7S3. The van der Waals surface area contributed by atoms with Crippen molar-refractivity contribution in [3.8, 4) is 5.06 Å². The number of thiophene rings is 1. The topological polar surface area (TPSA) is 186 Å². The summed E-state index contributed by atoms with van der Waals surface area (Å²) in [6, 6.07) is 0.774. The summed E-state index contributed by atoms with van der Waals surface area (Å²) in [5, 5.41) is 38.7. The Kier molecular flexibility index (Phi) is 6.62. The van der Waals surface area contributed by atoms with Crippen molar-refractivity contribution >= 4 is 58.6 Å². The van der Waals surface area contributed by atoms with E-state index in [1.165, 1.54) is 16.7 Å². The Morgan fingerprint density at radius 1 is 1.30 bits per heavy atom. The Morgan fingerprint density at radius 3 is 2.76 bits per heavy atom. The molecule has 12 nitrogen and oxygen atoms in total. The van der Waals surface area contributed by atoms with Crippen molar-refractivity contribution in [3.63, 3.8) is 0 Å². The number of rotatable bonds is 9. The number of carbonyl (C=O) groups excluding carboxylic acids is 2. The number of fused-ring (bicyclic) bond motifs is 1. The van der Waals surface area contributed by atoms with Gasteiger partial charge in [-0.05, 0) is 17.0 Å². The van der Waals surface area contributed by atoms with Crippen LogP contribution in [-0.4, -0.2) is 82.1 Å². The van der Waals surface area contributed by atoms with Gasteiger partial charge in [0, 0.05) is 17.1 Å². The maximum absolute atomic E-state index is 12.7. The second-order valence-electron chi connectivity index (χ2n) is 7.06. The molecule has 0 aliphatic carbocycles. The van der Waals surface area contributed by atoms with Crippen molar-refractivity contribution in [2.24, 2.45) is 0 Å². The molecule has 33 heavy (non-hydrogen) atoms. The maximum Gasteiger partial charge on any atom is 0.352 e. The second-order valence-corrected chi connectivity index (χ2v) is 10.0. The zero-order chi connectivity index (χ0) is 23.7. The fourth-order valence-electron chi connectivity index (χ4n) is 3.37. The molecule has 2 amide bonds. The van der Waals surface area contributed by atoms with Gasteiger partial charge in [-0.3, -0.25) is 24.4 Å². The van der Waals surface area contributed by atoms with E-state index in [9.17, 15) is 29.4 Å². The van der Waals surface area contributed by atoms with Crippen LogP contribution in [0.25, 0.3) is 0 Å². The van der Waals surface area contributed by atoms with Gasteiger partial charge in [0.2, 0.25) is 11.1 Å². The van der Waals surface area contributed by atoms with Crippen LogP contribution in [0.1, 0.15) is 11.4 Å². The summed E-state index contributed by atoms with van der Waals surface area (Å²) >= 11 is 3.57. The standard InChI is InChI=1S/C18H17N5O7S3/c24-10(3-7-1-2-31-17(7)30)20-12-14(27)23-13(16(28)29)8(5-32-15(12)23)6-33-18-19-9(21-22-18)4-11(25)26/h1-2,12,15,30H,3-6H2,(H,20,24)(H,25,26)(H,28,29)(H,19,21,22)/t12?,15-/m0/s1. The summed E-state index contributed by atoms with van der Waals surface area (Å²) in [5.41, 5.74) is 0.833. The van der Waals surface area contributed by atoms with Crippen LogP contribution in [0.4, 0.5) is 0 Å². The first kappa shape index (κ1) is 23.1. The SMILES string of the molecule is O=C(O)Cc1nc(SCC2=C(C(=O)O)N3C(=O)C(NC(=O)Cc4ccsc4O)[C@@H]3SC2)n[nH]1. The summed E-state index contributed by atoms with van der Waals surface area (Å²) in [6.45, 7) is 0. The fraction of sp³-hybridized carbons (Fsp3) is 0.333. The first-order valence-electron chi connectivity index (χ1n) is 9.45. The van der Waals surface area contributed by atoms with Gasteiger partial charge in [0.25, 0.3) is 5.91 Å². The Balaban J connectivity index is 1.41. The van der Waals surface area contributed by atoms with Gasteiger partial charge in [-0.15, -0.1) is 28.2 Å². The number of nitrogens with zero attached hydrogens (tertiary/aromatic N) is 3. The first-order chi connectivity index (χ1) is 15.7. The van der Waals surface area contributed by atoms with E-state index in [1.807, 2.05) is 0 Å². The average molecular weight is 512 g/mol. The van der Waals surface area contributed by atoms with Crippen LogP contribution < -0.4 is 5.32 Å². The predicted molar refractivity (Wildman–Crippen MR) is 118 cm³/mol. The molecule has 2 aromatic rings. The summed E-state index contributed by atoms with van der Waals surface area (Å²) in [7, 11) is 0. The van der Waals surface area contributed by atoms with E-state index in [0.717, 1.165) is 23.1 Å². The Labute approximate surface area is 198 Å². The highest BCUT2D eigenvalue weighted by Crippen LogP contribution is 2.41. The molecule has 2 aliphatic heterocycles. The largest absolute Gasteiger partial charge is 0.499 e. The van der Waals surface area contributed by atoms with Gasteiger partial charge in [0.1, 0.15) is 29.4 Å². The molecule has 0 aromatic carbocycles. The molecule has 4 rings (SSSR count). The molecule has 0 bridgehead atoms. The summed E-state index contributed by atoms with van der Waals surface area (Å²) in [6.07, 6.45) is -0.393. The number of hydrogen-bond acceptors (Lipinski definition) is 10. The van der Waals surface area contributed by atoms with Gasteiger partial charge in [0.05, 0.1) is 6.42 Å². The molecule has 2 atom stereocenters. The van der Waals surface area contributed by atoms with Crippen molar-refractivity contribution in [2.45, 2.75) is 29.4 Å². The Hall–Kier alpha value is -3.04. The number of carboxylic acid groups (broad SMARTS) is 2. The number of carboxylic acids is 2. The highest BCUT2D eigenvalue weighted by molar-refractivity contribution is 8.01. The number of hydrogen-bond donors (Lipinski definition) is 5. The molecule has 174 valence electrons. The van der Waals surface area contributed by atoms with Crippen LogP contribution in [0.15, 0.2) is 27.9 Å². The lowest BCUT2D eigenvalue weighted by molar-refractivity contribution is -0.150. The lowest BCUT2D eigenvalue weighted by Crippen LogP contribution is -2.70. The van der Waals surface area contributed by atoms with Crippen molar-refractivity contribution < 1.29 is 34.5 Å². The van der Waals surface area contributed by atoms with Crippen LogP contribution in [0.3, 0.4) is 0 Å². The zero-order valence-electron chi connectivity index (χ0n) is 16.7. The van der Waals surface area contributed by atoms with E-state index in [-0.39, 0.29) is 40.3 Å². The molecule has 15 heteroatoms. The smallest absolute Gasteiger partial charge is 0.352 e. The number of aromatic amines is 1. The molecule has 1 unspecified atom stereocenters. The number of thioether (sulfide) groups is 2. The average Bonchev–Trinajstić information content (AvgIpc) is 3.37. The summed E-state index contributed by atoms with van der Waals surface area (Å²) in [4.78, 5) is 52.9. The van der Waals surface area contributed by atoms with Crippen molar-refractivity contribution in [1.29, 1.82) is 0 Å². The van der Waals surface area contributed by atoms with Gasteiger partial charge in [0.15, 0.2) is 5.06 Å². The molecule has 5 N–H and O–H groups in total. The minimum Gasteiger partial charge on any atom is -0.499 e. The third-order valence-electron chi connectivity index (χ3n) is 4.85. The molecule has 2 aliphatic rings. The minimum absolute atomic E-state index is 0.0403. The Bertz CT molecular complexity index is 1160. The summed E-state index contributed by atoms with van der Waals surface area (Å²) in [5.74, 6) is -2.56. The van der Waals surface area contributed by atoms with Crippen molar-refractivity contribution in [2.75, 3.05) is 11.5 Å². The van der Waals surface area contributed by atoms with Crippen molar-refractivity contribution in [1.82, 2.24) is 25.4 Å². The quantitative estimate of drug-likeness (QED) is 0.230. The molecule has 4 heterocycles. The number of β-lactam (4-membered cyclic amide) rings is 1. The van der Waals surface area contributed by atoms with Gasteiger partial charge in [-0.25, -0.2) is 9.78 Å². The van der Waals surface area contributed by atoms with E-state index in [2.05, 4.69) is 20.5 Å². The van der Waals surface area contributed by atoms with Gasteiger partial charge in [-0.1, -0.05) is 11.8 Å². The van der Waals surface area contributed by atoms with Gasteiger partial charge >= 0.3 is 11.9 Å². The second kappa shape index (κ2) is 9.44. The highest BCUT2D eigenvalue weighted by atomic mass is 32.2. The lowest BCUT2D eigenvalue weighted by Gasteiger charge is -2.49. The number of aromatic hydroxyl groups is 1. The molecule has 1 saturated heterocycles. The number of aliphatic carboxylic acids is 2. The highest BCUT2D eigenvalue weighted by Gasteiger charge is 2.54. The lowest BCUT2D eigenvalue weighted by atomic mass is 10.0. The first-order valence-corrected chi connectivity index (χ1v) is 12.4. The fourth-order valence-corrected chi connectivity index (χ4v) is 6.33. The molecule has 0 radical (unpaired) electrons. The molecule has 0 saturated carbocycles. The number of carbonyl (C=O) groups is 4. The minimum atomic E-state index is -1.25. The van der Waals surface area contributed by atoms with Crippen LogP contribution >= 0.6 is 34.9 Å². The number of H-pyrrole nitrogens is 1. The number of amides is 2. The van der Waals surface area contributed by atoms with Crippen LogP contribution in [0.5, 0.6) is 5.06 Å². The third-order valence-corrected chi connectivity index (χ3v) is 7.88. The van der Waals surface area contributed by atoms with Crippen LogP contribution in [-0.2, 0) is 32.0 Å².